The smallest absolute Gasteiger partial charge is 0.327 e. The zero-order valence-electron chi connectivity index (χ0n) is 13.0. The highest BCUT2D eigenvalue weighted by Gasteiger charge is 2.35. The Hall–Kier alpha value is -1.31. The maximum Gasteiger partial charge on any atom is 0.327 e. The van der Waals surface area contributed by atoms with Crippen LogP contribution in [0.4, 0.5) is 0 Å². The van der Waals surface area contributed by atoms with Crippen molar-refractivity contribution in [1.82, 2.24) is 0 Å². The lowest BCUT2D eigenvalue weighted by Gasteiger charge is -2.13. The van der Waals surface area contributed by atoms with Gasteiger partial charge in [-0.05, 0) is 0 Å². The molecule has 1 atom stereocenters. The number of ether oxygens (including phenoxy) is 4. The normalized spacial score (nSPS) is 12.6. The number of hydrogen-bond acceptors (Lipinski definition) is 10. The summed E-state index contributed by atoms with van der Waals surface area (Å²) in [7, 11) is -4.87. The first-order chi connectivity index (χ1) is 11.3. The molecule has 0 aliphatic carbocycles. The molecular weight excluding hydrogens is 352 g/mol. The predicted molar refractivity (Wildman–Crippen MR) is 77.7 cm³/mol. The van der Waals surface area contributed by atoms with Crippen molar-refractivity contribution in [3.05, 3.63) is 0 Å². The van der Waals surface area contributed by atoms with Crippen LogP contribution in [0.3, 0.4) is 0 Å². The highest BCUT2D eigenvalue weighted by Crippen LogP contribution is 2.08. The van der Waals surface area contributed by atoms with E-state index in [-0.39, 0.29) is 52.9 Å². The Morgan fingerprint density at radius 3 is 1.79 bits per heavy atom. The SMILES string of the molecule is O=C(CC(C(=O)OCCOCCO)S(=O)(=O)O)OCCOCCO. The van der Waals surface area contributed by atoms with Gasteiger partial charge in [0.2, 0.25) is 0 Å². The lowest BCUT2D eigenvalue weighted by atomic mass is 10.3. The van der Waals surface area contributed by atoms with Gasteiger partial charge in [0.05, 0.1) is 46.1 Å². The van der Waals surface area contributed by atoms with Crippen molar-refractivity contribution in [3.8, 4) is 0 Å². The zero-order chi connectivity index (χ0) is 18.4. The highest BCUT2D eigenvalue weighted by atomic mass is 32.2. The van der Waals surface area contributed by atoms with Crippen molar-refractivity contribution in [2.24, 2.45) is 0 Å². The molecule has 0 bridgehead atoms. The van der Waals surface area contributed by atoms with E-state index in [0.29, 0.717) is 0 Å². The van der Waals surface area contributed by atoms with Crippen LogP contribution < -0.4 is 0 Å². The molecule has 0 saturated heterocycles. The van der Waals surface area contributed by atoms with E-state index in [2.05, 4.69) is 9.47 Å². The average Bonchev–Trinajstić information content (AvgIpc) is 2.51. The van der Waals surface area contributed by atoms with Gasteiger partial charge in [0.1, 0.15) is 13.2 Å². The molecule has 0 rings (SSSR count). The van der Waals surface area contributed by atoms with Crippen LogP contribution in [0.15, 0.2) is 0 Å². The highest BCUT2D eigenvalue weighted by molar-refractivity contribution is 7.87. The predicted octanol–water partition coefficient (Wildman–Crippen LogP) is -2.26. The summed E-state index contributed by atoms with van der Waals surface area (Å²) in [5.74, 6) is -2.36. The summed E-state index contributed by atoms with van der Waals surface area (Å²) in [5, 5.41) is 14.8. The number of esters is 2. The van der Waals surface area contributed by atoms with E-state index in [1.165, 1.54) is 0 Å². The van der Waals surface area contributed by atoms with E-state index in [0.717, 1.165) is 0 Å². The molecule has 0 saturated carbocycles. The molecule has 0 aromatic carbocycles. The van der Waals surface area contributed by atoms with Crippen LogP contribution in [0.1, 0.15) is 6.42 Å². The van der Waals surface area contributed by atoms with Crippen LogP contribution in [0.5, 0.6) is 0 Å². The van der Waals surface area contributed by atoms with Crippen LogP contribution in [-0.2, 0) is 38.7 Å². The summed E-state index contributed by atoms with van der Waals surface area (Å²) in [4.78, 5) is 23.1. The quantitative estimate of drug-likeness (QED) is 0.170. The van der Waals surface area contributed by atoms with Crippen molar-refractivity contribution < 1.29 is 51.7 Å². The number of aliphatic hydroxyl groups is 2. The maximum absolute atomic E-state index is 11.6. The summed E-state index contributed by atoms with van der Waals surface area (Å²) in [5.41, 5.74) is 0. The molecule has 1 unspecified atom stereocenters. The topological polar surface area (TPSA) is 166 Å². The fourth-order valence-electron chi connectivity index (χ4n) is 1.36. The van der Waals surface area contributed by atoms with E-state index in [9.17, 15) is 18.0 Å². The number of aliphatic hydroxyl groups excluding tert-OH is 2. The minimum atomic E-state index is -4.87. The Labute approximate surface area is 139 Å². The lowest BCUT2D eigenvalue weighted by molar-refractivity contribution is -0.151. The van der Waals surface area contributed by atoms with Gasteiger partial charge in [-0.25, -0.2) is 0 Å². The Bertz CT molecular complexity index is 462. The standard InChI is InChI=1S/C12H22O11S/c13-1-3-20-5-7-22-11(15)9-10(24(17,18)19)12(16)23-8-6-21-4-2-14/h10,13-14H,1-9H2,(H,17,18,19). The molecule has 0 aromatic heterocycles. The van der Waals surface area contributed by atoms with Crippen molar-refractivity contribution >= 4 is 22.1 Å². The average molecular weight is 374 g/mol. The Balaban J connectivity index is 4.31. The molecule has 12 heteroatoms. The number of carbonyl (C=O) groups is 2. The molecule has 11 nitrogen and oxygen atoms in total. The molecule has 0 fully saturated rings. The van der Waals surface area contributed by atoms with Crippen LogP contribution in [-0.4, -0.2) is 93.2 Å². The van der Waals surface area contributed by atoms with E-state index < -0.39 is 33.7 Å². The summed E-state index contributed by atoms with van der Waals surface area (Å²) < 4.78 is 50.3. The van der Waals surface area contributed by atoms with E-state index in [1.807, 2.05) is 0 Å². The molecule has 0 heterocycles. The molecule has 142 valence electrons. The van der Waals surface area contributed by atoms with E-state index in [1.54, 1.807) is 0 Å². The third-order valence-corrected chi connectivity index (χ3v) is 3.49. The van der Waals surface area contributed by atoms with Gasteiger partial charge in [-0.15, -0.1) is 0 Å². The van der Waals surface area contributed by atoms with Crippen molar-refractivity contribution in [2.75, 3.05) is 52.9 Å². The second kappa shape index (κ2) is 13.0. The van der Waals surface area contributed by atoms with Crippen LogP contribution in [0, 0.1) is 0 Å². The van der Waals surface area contributed by atoms with Gasteiger partial charge in [0, 0.05) is 0 Å². The third-order valence-electron chi connectivity index (χ3n) is 2.41. The number of carbonyl (C=O) groups excluding carboxylic acids is 2. The Morgan fingerprint density at radius 2 is 1.33 bits per heavy atom. The molecule has 0 aromatic rings. The fourth-order valence-corrected chi connectivity index (χ4v) is 2.02. The second-order valence-electron chi connectivity index (χ2n) is 4.27. The van der Waals surface area contributed by atoms with Crippen molar-refractivity contribution in [1.29, 1.82) is 0 Å². The van der Waals surface area contributed by atoms with Gasteiger partial charge in [-0.2, -0.15) is 8.42 Å². The van der Waals surface area contributed by atoms with Gasteiger partial charge in [-0.1, -0.05) is 0 Å². The van der Waals surface area contributed by atoms with E-state index >= 15 is 0 Å². The number of hydrogen-bond donors (Lipinski definition) is 3. The Kier molecular flexibility index (Phi) is 12.3. The fraction of sp³-hybridized carbons (Fsp3) is 0.833. The summed E-state index contributed by atoms with van der Waals surface area (Å²) >= 11 is 0. The molecule has 3 N–H and O–H groups in total. The van der Waals surface area contributed by atoms with Crippen LogP contribution >= 0.6 is 0 Å². The molecule has 0 spiro atoms. The molecule has 24 heavy (non-hydrogen) atoms. The van der Waals surface area contributed by atoms with Gasteiger partial charge >= 0.3 is 11.9 Å². The zero-order valence-corrected chi connectivity index (χ0v) is 13.8. The molecular formula is C12H22O11S. The van der Waals surface area contributed by atoms with Gasteiger partial charge in [0.25, 0.3) is 10.1 Å². The largest absolute Gasteiger partial charge is 0.463 e. The van der Waals surface area contributed by atoms with Crippen LogP contribution in [0.25, 0.3) is 0 Å². The van der Waals surface area contributed by atoms with Crippen molar-refractivity contribution in [2.45, 2.75) is 11.7 Å². The second-order valence-corrected chi connectivity index (χ2v) is 5.87. The third kappa shape index (κ3) is 11.3. The first-order valence-corrected chi connectivity index (χ1v) is 8.49. The van der Waals surface area contributed by atoms with Crippen LogP contribution in [0.2, 0.25) is 0 Å². The summed E-state index contributed by atoms with van der Waals surface area (Å²) in [6, 6.07) is 0. The molecule has 0 aliphatic heterocycles. The first kappa shape index (κ1) is 22.7. The minimum absolute atomic E-state index is 0.0178. The molecule has 0 radical (unpaired) electrons. The Morgan fingerprint density at radius 1 is 0.833 bits per heavy atom. The van der Waals surface area contributed by atoms with Gasteiger partial charge in [0.15, 0.2) is 5.25 Å². The first-order valence-electron chi connectivity index (χ1n) is 6.98. The summed E-state index contributed by atoms with van der Waals surface area (Å²) in [6.07, 6.45) is -0.921. The van der Waals surface area contributed by atoms with Gasteiger partial charge < -0.3 is 29.2 Å². The molecule has 0 aliphatic rings. The molecule has 0 amide bonds. The minimum Gasteiger partial charge on any atom is -0.463 e. The maximum atomic E-state index is 11.6. The van der Waals surface area contributed by atoms with Crippen molar-refractivity contribution in [3.63, 3.8) is 0 Å². The van der Waals surface area contributed by atoms with E-state index in [4.69, 9.17) is 24.2 Å². The lowest BCUT2D eigenvalue weighted by Crippen LogP contribution is -2.35. The monoisotopic (exact) mass is 374 g/mol. The number of rotatable bonds is 14. The summed E-state index contributed by atoms with van der Waals surface area (Å²) in [6.45, 7) is -0.982. The van der Waals surface area contributed by atoms with Gasteiger partial charge in [-0.3, -0.25) is 14.1 Å².